The highest BCUT2D eigenvalue weighted by Gasteiger charge is 2.06. The molecule has 0 radical (unpaired) electrons. The third-order valence-corrected chi connectivity index (χ3v) is 3.74. The number of hydrogen-bond donors (Lipinski definition) is 2. The Morgan fingerprint density at radius 2 is 1.96 bits per heavy atom. The Hall–Kier alpha value is -2.82. The van der Waals surface area contributed by atoms with Crippen LogP contribution in [0.25, 0.3) is 11.0 Å². The third kappa shape index (κ3) is 4.35. The first-order valence-corrected chi connectivity index (χ1v) is 8.10. The lowest BCUT2D eigenvalue weighted by Crippen LogP contribution is -2.28. The van der Waals surface area contributed by atoms with Crippen LogP contribution in [0.1, 0.15) is 17.8 Å². The van der Waals surface area contributed by atoms with Gasteiger partial charge in [0.15, 0.2) is 0 Å². The largest absolute Gasteiger partial charge is 0.492 e. The van der Waals surface area contributed by atoms with E-state index in [0.717, 1.165) is 22.6 Å². The zero-order valence-electron chi connectivity index (χ0n) is 13.7. The summed E-state index contributed by atoms with van der Waals surface area (Å²) in [4.78, 5) is 19.6. The number of rotatable bonds is 7. The average Bonchev–Trinajstić information content (AvgIpc) is 3.01. The van der Waals surface area contributed by atoms with E-state index in [2.05, 4.69) is 15.3 Å². The van der Waals surface area contributed by atoms with Crippen LogP contribution in [0.2, 0.25) is 0 Å². The van der Waals surface area contributed by atoms with Crippen molar-refractivity contribution in [3.8, 4) is 5.75 Å². The summed E-state index contributed by atoms with van der Waals surface area (Å²) in [6, 6.07) is 15.7. The summed E-state index contributed by atoms with van der Waals surface area (Å²) < 4.78 is 5.58. The van der Waals surface area contributed by atoms with Crippen LogP contribution < -0.4 is 10.1 Å². The number of amides is 1. The quantitative estimate of drug-likeness (QED) is 0.657. The molecule has 0 spiro atoms. The van der Waals surface area contributed by atoms with Gasteiger partial charge in [0.2, 0.25) is 5.91 Å². The van der Waals surface area contributed by atoms with Crippen molar-refractivity contribution >= 4 is 16.9 Å². The number of carbonyl (C=O) groups excluding carboxylic acids is 1. The molecule has 0 saturated carbocycles. The van der Waals surface area contributed by atoms with Crippen LogP contribution >= 0.6 is 0 Å². The zero-order valence-corrected chi connectivity index (χ0v) is 13.7. The zero-order chi connectivity index (χ0) is 16.8. The van der Waals surface area contributed by atoms with Crippen molar-refractivity contribution < 1.29 is 9.53 Å². The molecule has 24 heavy (non-hydrogen) atoms. The van der Waals surface area contributed by atoms with E-state index in [1.54, 1.807) is 0 Å². The van der Waals surface area contributed by atoms with E-state index in [1.165, 1.54) is 5.56 Å². The molecule has 0 aliphatic heterocycles. The van der Waals surface area contributed by atoms with Crippen LogP contribution in [0, 0.1) is 6.92 Å². The van der Waals surface area contributed by atoms with E-state index in [1.807, 2.05) is 55.5 Å². The second-order valence-electron chi connectivity index (χ2n) is 5.71. The van der Waals surface area contributed by atoms with Gasteiger partial charge in [0.05, 0.1) is 17.6 Å². The number of hydrogen-bond acceptors (Lipinski definition) is 3. The highest BCUT2D eigenvalue weighted by Crippen LogP contribution is 2.12. The smallest absolute Gasteiger partial charge is 0.220 e. The molecule has 1 aromatic heterocycles. The Bertz CT molecular complexity index is 776. The van der Waals surface area contributed by atoms with Gasteiger partial charge in [-0.05, 0) is 31.2 Å². The molecule has 124 valence electrons. The van der Waals surface area contributed by atoms with Crippen LogP contribution in [0.4, 0.5) is 0 Å². The van der Waals surface area contributed by atoms with Gasteiger partial charge in [-0.2, -0.15) is 0 Å². The normalized spacial score (nSPS) is 10.7. The minimum atomic E-state index is 0.00274. The summed E-state index contributed by atoms with van der Waals surface area (Å²) in [7, 11) is 0. The molecule has 0 fully saturated rings. The number of carbonyl (C=O) groups is 1. The van der Waals surface area contributed by atoms with E-state index in [0.29, 0.717) is 26.0 Å². The van der Waals surface area contributed by atoms with E-state index in [-0.39, 0.29) is 5.91 Å². The van der Waals surface area contributed by atoms with Crippen molar-refractivity contribution in [2.75, 3.05) is 13.2 Å². The van der Waals surface area contributed by atoms with Crippen LogP contribution in [0.3, 0.4) is 0 Å². The highest BCUT2D eigenvalue weighted by atomic mass is 16.5. The Balaban J connectivity index is 1.37. The first-order chi connectivity index (χ1) is 11.7. The molecular formula is C19H21N3O2. The predicted molar refractivity (Wildman–Crippen MR) is 94.1 cm³/mol. The van der Waals surface area contributed by atoms with Crippen molar-refractivity contribution in [2.45, 2.75) is 19.8 Å². The summed E-state index contributed by atoms with van der Waals surface area (Å²) >= 11 is 0. The standard InChI is InChI=1S/C19H21N3O2/c1-14-6-8-15(9-7-14)24-13-12-20-19(23)11-10-18-21-16-4-2-3-5-17(16)22-18/h2-9H,10-13H2,1H3,(H,20,23)(H,21,22). The first kappa shape index (κ1) is 16.1. The van der Waals surface area contributed by atoms with Gasteiger partial charge in [0.1, 0.15) is 18.2 Å². The molecular weight excluding hydrogens is 302 g/mol. The van der Waals surface area contributed by atoms with Crippen LogP contribution in [-0.2, 0) is 11.2 Å². The van der Waals surface area contributed by atoms with E-state index in [4.69, 9.17) is 4.74 Å². The highest BCUT2D eigenvalue weighted by molar-refractivity contribution is 5.77. The number of fused-ring (bicyclic) bond motifs is 1. The van der Waals surface area contributed by atoms with Gasteiger partial charge >= 0.3 is 0 Å². The molecule has 5 heteroatoms. The fourth-order valence-corrected chi connectivity index (χ4v) is 2.44. The van der Waals surface area contributed by atoms with Gasteiger partial charge in [0, 0.05) is 12.8 Å². The lowest BCUT2D eigenvalue weighted by atomic mass is 10.2. The second-order valence-corrected chi connectivity index (χ2v) is 5.71. The Labute approximate surface area is 141 Å². The van der Waals surface area contributed by atoms with Gasteiger partial charge < -0.3 is 15.0 Å². The minimum Gasteiger partial charge on any atom is -0.492 e. The molecule has 0 aliphatic rings. The molecule has 1 heterocycles. The van der Waals surface area contributed by atoms with Crippen LogP contribution in [-0.4, -0.2) is 29.0 Å². The number of nitrogens with one attached hydrogen (secondary N) is 2. The summed E-state index contributed by atoms with van der Waals surface area (Å²) in [6.07, 6.45) is 1.00. The minimum absolute atomic E-state index is 0.00274. The Kier molecular flexibility index (Phi) is 5.11. The maximum absolute atomic E-state index is 11.9. The number of imidazole rings is 1. The number of ether oxygens (including phenoxy) is 1. The predicted octanol–water partition coefficient (Wildman–Crippen LogP) is 3.00. The topological polar surface area (TPSA) is 67.0 Å². The number of aromatic nitrogens is 2. The molecule has 2 aromatic carbocycles. The number of H-pyrrole nitrogens is 1. The molecule has 3 aromatic rings. The summed E-state index contributed by atoms with van der Waals surface area (Å²) in [5.74, 6) is 1.65. The van der Waals surface area contributed by atoms with Crippen molar-refractivity contribution in [1.82, 2.24) is 15.3 Å². The molecule has 2 N–H and O–H groups in total. The lowest BCUT2D eigenvalue weighted by molar-refractivity contribution is -0.121. The van der Waals surface area contributed by atoms with Crippen LogP contribution in [0.15, 0.2) is 48.5 Å². The van der Waals surface area contributed by atoms with Crippen molar-refractivity contribution in [3.05, 3.63) is 59.9 Å². The monoisotopic (exact) mass is 323 g/mol. The Morgan fingerprint density at radius 3 is 2.75 bits per heavy atom. The fraction of sp³-hybridized carbons (Fsp3) is 0.263. The summed E-state index contributed by atoms with van der Waals surface area (Å²) in [5, 5.41) is 2.86. The molecule has 1 amide bonds. The molecule has 0 bridgehead atoms. The summed E-state index contributed by atoms with van der Waals surface area (Å²) in [6.45, 7) is 2.98. The number of nitrogens with zero attached hydrogens (tertiary/aromatic N) is 1. The third-order valence-electron chi connectivity index (χ3n) is 3.74. The average molecular weight is 323 g/mol. The van der Waals surface area contributed by atoms with Gasteiger partial charge in [-0.1, -0.05) is 29.8 Å². The van der Waals surface area contributed by atoms with Gasteiger partial charge in [-0.15, -0.1) is 0 Å². The number of aryl methyl sites for hydroxylation is 2. The van der Waals surface area contributed by atoms with Gasteiger partial charge in [0.25, 0.3) is 0 Å². The first-order valence-electron chi connectivity index (χ1n) is 8.10. The molecule has 3 rings (SSSR count). The van der Waals surface area contributed by atoms with E-state index >= 15 is 0 Å². The van der Waals surface area contributed by atoms with Crippen LogP contribution in [0.5, 0.6) is 5.75 Å². The molecule has 5 nitrogen and oxygen atoms in total. The maximum Gasteiger partial charge on any atom is 0.220 e. The lowest BCUT2D eigenvalue weighted by Gasteiger charge is -2.07. The molecule has 0 unspecified atom stereocenters. The van der Waals surface area contributed by atoms with E-state index < -0.39 is 0 Å². The van der Waals surface area contributed by atoms with Crippen molar-refractivity contribution in [2.24, 2.45) is 0 Å². The molecule has 0 aliphatic carbocycles. The maximum atomic E-state index is 11.9. The second kappa shape index (κ2) is 7.64. The number of benzene rings is 2. The van der Waals surface area contributed by atoms with Crippen molar-refractivity contribution in [3.63, 3.8) is 0 Å². The van der Waals surface area contributed by atoms with Gasteiger partial charge in [-0.3, -0.25) is 4.79 Å². The number of para-hydroxylation sites is 2. The molecule has 0 atom stereocenters. The number of aromatic amines is 1. The van der Waals surface area contributed by atoms with Crippen molar-refractivity contribution in [1.29, 1.82) is 0 Å². The SMILES string of the molecule is Cc1ccc(OCCNC(=O)CCc2nc3ccccc3[nH]2)cc1. The van der Waals surface area contributed by atoms with Gasteiger partial charge in [-0.25, -0.2) is 4.98 Å². The Morgan fingerprint density at radius 1 is 1.17 bits per heavy atom. The fourth-order valence-electron chi connectivity index (χ4n) is 2.44. The van der Waals surface area contributed by atoms with E-state index in [9.17, 15) is 4.79 Å². The molecule has 0 saturated heterocycles. The summed E-state index contributed by atoms with van der Waals surface area (Å²) in [5.41, 5.74) is 3.13.